The van der Waals surface area contributed by atoms with Crippen molar-refractivity contribution in [2.45, 2.75) is 19.8 Å². The molecule has 0 aromatic heterocycles. The van der Waals surface area contributed by atoms with E-state index in [-0.39, 0.29) is 5.97 Å². The van der Waals surface area contributed by atoms with Crippen molar-refractivity contribution in [1.82, 2.24) is 0 Å². The van der Waals surface area contributed by atoms with E-state index in [0.29, 0.717) is 12.2 Å². The molecule has 2 nitrogen and oxygen atoms in total. The van der Waals surface area contributed by atoms with Crippen LogP contribution in [-0.2, 0) is 11.2 Å². The van der Waals surface area contributed by atoms with Gasteiger partial charge in [0.1, 0.15) is 0 Å². The maximum Gasteiger partial charge on any atom is 0.338 e. The van der Waals surface area contributed by atoms with Crippen molar-refractivity contribution in [2.24, 2.45) is 0 Å². The van der Waals surface area contributed by atoms with Crippen LogP contribution in [0.25, 0.3) is 0 Å². The molecule has 0 heterocycles. The lowest BCUT2D eigenvalue weighted by Crippen LogP contribution is -2.04. The molecule has 0 amide bonds. The summed E-state index contributed by atoms with van der Waals surface area (Å²) in [5, 5.41) is 1.01. The molecule has 0 aliphatic carbocycles. The third-order valence-corrected chi connectivity index (χ3v) is 2.62. The number of aryl methyl sites for hydroxylation is 1. The SMILES string of the molecule is C=C.CCOC(=O)c1ccc(CCCBr)cc1. The molecule has 1 aromatic carbocycles. The smallest absolute Gasteiger partial charge is 0.338 e. The number of carbonyl (C=O) groups is 1. The molecular weight excluding hydrogens is 280 g/mol. The molecule has 17 heavy (non-hydrogen) atoms. The summed E-state index contributed by atoms with van der Waals surface area (Å²) < 4.78 is 4.90. The highest BCUT2D eigenvalue weighted by atomic mass is 79.9. The van der Waals surface area contributed by atoms with Crippen molar-refractivity contribution in [1.29, 1.82) is 0 Å². The Morgan fingerprint density at radius 2 is 1.88 bits per heavy atom. The molecule has 0 atom stereocenters. The summed E-state index contributed by atoms with van der Waals surface area (Å²) in [4.78, 5) is 11.3. The van der Waals surface area contributed by atoms with Gasteiger partial charge in [0.15, 0.2) is 0 Å². The van der Waals surface area contributed by atoms with Gasteiger partial charge in [0.2, 0.25) is 0 Å². The van der Waals surface area contributed by atoms with E-state index in [9.17, 15) is 4.79 Å². The minimum Gasteiger partial charge on any atom is -0.462 e. The number of halogens is 1. The van der Waals surface area contributed by atoms with Gasteiger partial charge in [-0.05, 0) is 37.5 Å². The van der Waals surface area contributed by atoms with Crippen LogP contribution in [0.5, 0.6) is 0 Å². The van der Waals surface area contributed by atoms with Crippen LogP contribution < -0.4 is 0 Å². The zero-order valence-corrected chi connectivity index (χ0v) is 11.8. The minimum atomic E-state index is -0.246. The predicted molar refractivity (Wildman–Crippen MR) is 75.8 cm³/mol. The Hall–Kier alpha value is -1.09. The average Bonchev–Trinajstić information content (AvgIpc) is 2.39. The van der Waals surface area contributed by atoms with Gasteiger partial charge in [-0.1, -0.05) is 28.1 Å². The Morgan fingerprint density at radius 3 is 2.35 bits per heavy atom. The molecule has 0 bridgehead atoms. The number of benzene rings is 1. The second kappa shape index (κ2) is 10.1. The van der Waals surface area contributed by atoms with Crippen molar-refractivity contribution < 1.29 is 9.53 Å². The molecule has 3 heteroatoms. The van der Waals surface area contributed by atoms with E-state index >= 15 is 0 Å². The zero-order valence-electron chi connectivity index (χ0n) is 10.2. The first-order valence-electron chi connectivity index (χ1n) is 5.60. The van der Waals surface area contributed by atoms with Crippen molar-refractivity contribution in [3.63, 3.8) is 0 Å². The topological polar surface area (TPSA) is 26.3 Å². The standard InChI is InChI=1S/C12H15BrO2.C2H4/c1-2-15-12(14)11-7-5-10(6-8-11)4-3-9-13;1-2/h5-8H,2-4,9H2,1H3;1-2H2. The van der Waals surface area contributed by atoms with Gasteiger partial charge in [0.05, 0.1) is 12.2 Å². The van der Waals surface area contributed by atoms with E-state index in [1.165, 1.54) is 5.56 Å². The fourth-order valence-electron chi connectivity index (χ4n) is 1.29. The van der Waals surface area contributed by atoms with E-state index in [1.54, 1.807) is 0 Å². The van der Waals surface area contributed by atoms with Crippen LogP contribution in [0.1, 0.15) is 29.3 Å². The average molecular weight is 299 g/mol. The first-order valence-corrected chi connectivity index (χ1v) is 6.72. The summed E-state index contributed by atoms with van der Waals surface area (Å²) in [6.07, 6.45) is 2.15. The summed E-state index contributed by atoms with van der Waals surface area (Å²) in [6.45, 7) is 8.23. The largest absolute Gasteiger partial charge is 0.462 e. The normalized spacial score (nSPS) is 9.06. The van der Waals surface area contributed by atoms with E-state index < -0.39 is 0 Å². The van der Waals surface area contributed by atoms with Crippen molar-refractivity contribution >= 4 is 21.9 Å². The highest BCUT2D eigenvalue weighted by molar-refractivity contribution is 9.09. The summed E-state index contributed by atoms with van der Waals surface area (Å²) in [5.74, 6) is -0.246. The van der Waals surface area contributed by atoms with Crippen LogP contribution in [0.15, 0.2) is 37.4 Å². The Morgan fingerprint density at radius 1 is 1.29 bits per heavy atom. The van der Waals surface area contributed by atoms with Gasteiger partial charge in [-0.3, -0.25) is 0 Å². The third kappa shape index (κ3) is 6.27. The van der Waals surface area contributed by atoms with Crippen LogP contribution in [0.4, 0.5) is 0 Å². The quantitative estimate of drug-likeness (QED) is 0.467. The Bertz CT molecular complexity index is 319. The predicted octanol–water partition coefficient (Wildman–Crippen LogP) is 3.99. The van der Waals surface area contributed by atoms with Crippen molar-refractivity contribution in [3.05, 3.63) is 48.6 Å². The van der Waals surface area contributed by atoms with Gasteiger partial charge in [-0.25, -0.2) is 4.79 Å². The molecule has 0 aliphatic rings. The van der Waals surface area contributed by atoms with Crippen LogP contribution in [0.2, 0.25) is 0 Å². The molecule has 0 fully saturated rings. The summed E-state index contributed by atoms with van der Waals surface area (Å²) >= 11 is 3.39. The Kier molecular flexibility index (Phi) is 9.44. The third-order valence-electron chi connectivity index (χ3n) is 2.06. The first-order chi connectivity index (χ1) is 8.27. The van der Waals surface area contributed by atoms with E-state index in [1.807, 2.05) is 31.2 Å². The lowest BCUT2D eigenvalue weighted by atomic mass is 10.1. The number of hydrogen-bond donors (Lipinski definition) is 0. The monoisotopic (exact) mass is 298 g/mol. The van der Waals surface area contributed by atoms with Gasteiger partial charge in [0.25, 0.3) is 0 Å². The molecular formula is C14H19BrO2. The molecule has 0 radical (unpaired) electrons. The molecule has 0 aliphatic heterocycles. The molecule has 1 aromatic rings. The van der Waals surface area contributed by atoms with Gasteiger partial charge < -0.3 is 4.74 Å². The van der Waals surface area contributed by atoms with E-state index in [2.05, 4.69) is 29.1 Å². The second-order valence-electron chi connectivity index (χ2n) is 3.21. The van der Waals surface area contributed by atoms with E-state index in [0.717, 1.165) is 18.2 Å². The van der Waals surface area contributed by atoms with Crippen LogP contribution >= 0.6 is 15.9 Å². The van der Waals surface area contributed by atoms with Crippen LogP contribution in [0, 0.1) is 0 Å². The second-order valence-corrected chi connectivity index (χ2v) is 4.00. The highest BCUT2D eigenvalue weighted by Gasteiger charge is 2.04. The molecule has 0 saturated carbocycles. The Labute approximate surface area is 112 Å². The molecule has 0 spiro atoms. The maximum absolute atomic E-state index is 11.3. The number of carbonyl (C=O) groups excluding carboxylic acids is 1. The molecule has 1 rings (SSSR count). The van der Waals surface area contributed by atoms with Gasteiger partial charge >= 0.3 is 5.97 Å². The van der Waals surface area contributed by atoms with Crippen LogP contribution in [-0.4, -0.2) is 17.9 Å². The number of rotatable bonds is 5. The van der Waals surface area contributed by atoms with Crippen molar-refractivity contribution in [3.8, 4) is 0 Å². The lowest BCUT2D eigenvalue weighted by Gasteiger charge is -2.03. The summed E-state index contributed by atoms with van der Waals surface area (Å²) in [7, 11) is 0. The fraction of sp³-hybridized carbons (Fsp3) is 0.357. The zero-order chi connectivity index (χ0) is 13.1. The molecule has 0 N–H and O–H groups in total. The number of ether oxygens (including phenoxy) is 1. The highest BCUT2D eigenvalue weighted by Crippen LogP contribution is 2.08. The molecule has 0 saturated heterocycles. The van der Waals surface area contributed by atoms with Gasteiger partial charge in [-0.15, -0.1) is 13.2 Å². The Balaban J connectivity index is 0.00000121. The molecule has 94 valence electrons. The van der Waals surface area contributed by atoms with Crippen molar-refractivity contribution in [2.75, 3.05) is 11.9 Å². The summed E-state index contributed by atoms with van der Waals surface area (Å²) in [5.41, 5.74) is 1.88. The van der Waals surface area contributed by atoms with Gasteiger partial charge in [-0.2, -0.15) is 0 Å². The minimum absolute atomic E-state index is 0.246. The van der Waals surface area contributed by atoms with Crippen LogP contribution in [0.3, 0.4) is 0 Å². The maximum atomic E-state index is 11.3. The summed E-state index contributed by atoms with van der Waals surface area (Å²) in [6, 6.07) is 7.60. The number of hydrogen-bond acceptors (Lipinski definition) is 2. The number of alkyl halides is 1. The lowest BCUT2D eigenvalue weighted by molar-refractivity contribution is 0.0526. The molecule has 0 unspecified atom stereocenters. The van der Waals surface area contributed by atoms with Gasteiger partial charge in [0, 0.05) is 5.33 Å². The fourth-order valence-corrected chi connectivity index (χ4v) is 1.57. The number of esters is 1. The van der Waals surface area contributed by atoms with E-state index in [4.69, 9.17) is 4.74 Å². The first kappa shape index (κ1) is 15.9.